The molecule has 2 heterocycles. The number of rotatable bonds is 2. The molecule has 9 rings (SSSR count). The summed E-state index contributed by atoms with van der Waals surface area (Å²) in [6.45, 7) is 13.7. The topological polar surface area (TPSA) is 26.4 Å². The summed E-state index contributed by atoms with van der Waals surface area (Å²) in [6, 6.07) is 46.7. The van der Waals surface area contributed by atoms with Gasteiger partial charge in [0.2, 0.25) is 0 Å². The number of aryl methyl sites for hydroxylation is 1. The zero-order chi connectivity index (χ0) is 35.4. The third kappa shape index (κ3) is 4.82. The van der Waals surface area contributed by atoms with Gasteiger partial charge in [-0.1, -0.05) is 133 Å². The molecule has 0 atom stereocenters. The van der Waals surface area contributed by atoms with E-state index < -0.39 is 0 Å². The molecule has 0 saturated carbocycles. The molecule has 0 radical (unpaired) electrons. The lowest BCUT2D eigenvalue weighted by molar-refractivity contribution is 0.590. The number of nitrogens with zero attached hydrogens (tertiary/aromatic N) is 2. The molecule has 0 saturated heterocycles. The van der Waals surface area contributed by atoms with Gasteiger partial charge in [-0.25, -0.2) is 4.79 Å². The number of aromatic nitrogens is 2. The molecule has 0 amide bonds. The highest BCUT2D eigenvalue weighted by molar-refractivity contribution is 6.22. The molecule has 2 aromatic heterocycles. The Morgan fingerprint density at radius 1 is 0.431 bits per heavy atom. The second kappa shape index (κ2) is 10.9. The first-order valence-corrected chi connectivity index (χ1v) is 18.0. The minimum absolute atomic E-state index is 0.0212. The lowest BCUT2D eigenvalue weighted by Gasteiger charge is -2.25. The van der Waals surface area contributed by atoms with Gasteiger partial charge in [0.25, 0.3) is 0 Å². The van der Waals surface area contributed by atoms with Crippen LogP contribution in [0, 0.1) is 0 Å². The number of para-hydroxylation sites is 1. The van der Waals surface area contributed by atoms with E-state index in [0.717, 1.165) is 32.9 Å². The zero-order valence-electron chi connectivity index (χ0n) is 30.4. The van der Waals surface area contributed by atoms with E-state index in [1.165, 1.54) is 60.1 Å². The van der Waals surface area contributed by atoms with E-state index in [9.17, 15) is 4.79 Å². The van der Waals surface area contributed by atoms with Crippen molar-refractivity contribution in [3.63, 3.8) is 0 Å². The number of fused-ring (bicyclic) bond motifs is 8. The van der Waals surface area contributed by atoms with Crippen molar-refractivity contribution in [1.29, 1.82) is 0 Å². The van der Waals surface area contributed by atoms with Crippen LogP contribution in [-0.4, -0.2) is 8.97 Å². The number of hydrogen-bond donors (Lipinski definition) is 0. The van der Waals surface area contributed by atoms with Crippen LogP contribution < -0.4 is 5.69 Å². The van der Waals surface area contributed by atoms with Crippen molar-refractivity contribution in [3.05, 3.63) is 149 Å². The fourth-order valence-corrected chi connectivity index (χ4v) is 8.12. The molecule has 0 aliphatic rings. The average molecular weight is 663 g/mol. The molecular weight excluding hydrogens is 621 g/mol. The Balaban J connectivity index is 1.44. The van der Waals surface area contributed by atoms with E-state index in [-0.39, 0.29) is 16.5 Å². The summed E-state index contributed by atoms with van der Waals surface area (Å²) in [6.07, 6.45) is 0. The molecule has 51 heavy (non-hydrogen) atoms. The minimum atomic E-state index is -0.0398. The predicted octanol–water partition coefficient (Wildman–Crippen LogP) is 12.3. The van der Waals surface area contributed by atoms with Crippen LogP contribution in [0.1, 0.15) is 52.7 Å². The van der Waals surface area contributed by atoms with Crippen LogP contribution in [0.4, 0.5) is 0 Å². The van der Waals surface area contributed by atoms with Gasteiger partial charge in [-0.2, -0.15) is 0 Å². The molecule has 0 aliphatic heterocycles. The van der Waals surface area contributed by atoms with E-state index >= 15 is 0 Å². The van der Waals surface area contributed by atoms with Gasteiger partial charge in [0, 0.05) is 17.8 Å². The van der Waals surface area contributed by atoms with Crippen LogP contribution in [0.2, 0.25) is 0 Å². The molecule has 0 fully saturated rings. The molecule has 3 nitrogen and oxygen atoms in total. The standard InChI is InChI=1S/C48H42N2O/c1-47(2,3)34-21-23-37-39(27-34)44(32-18-16-29-12-8-9-13-30(29)24-32)36-22-20-35(48(4,5)6)28-40(36)45(37)33-19-17-31-25-43-38-14-10-11-15-41(38)49(7)46(51)50(43)42(31)26-33/h8-28H,1-7H3. The van der Waals surface area contributed by atoms with Crippen molar-refractivity contribution >= 4 is 59.6 Å². The molecule has 0 bridgehead atoms. The summed E-state index contributed by atoms with van der Waals surface area (Å²) in [5, 5.41) is 9.50. The van der Waals surface area contributed by atoms with Gasteiger partial charge in [-0.15, -0.1) is 0 Å². The average Bonchev–Trinajstić information content (AvgIpc) is 3.50. The second-order valence-corrected chi connectivity index (χ2v) is 16.3. The molecule has 9 aromatic rings. The van der Waals surface area contributed by atoms with Crippen LogP contribution in [0.3, 0.4) is 0 Å². The number of benzene rings is 7. The second-order valence-electron chi connectivity index (χ2n) is 16.3. The Kier molecular flexibility index (Phi) is 6.70. The lowest BCUT2D eigenvalue weighted by Crippen LogP contribution is -2.24. The first kappa shape index (κ1) is 31.3. The van der Waals surface area contributed by atoms with Gasteiger partial charge in [-0.05, 0) is 113 Å². The lowest BCUT2D eigenvalue weighted by atomic mass is 9.79. The zero-order valence-corrected chi connectivity index (χ0v) is 30.4. The fraction of sp³-hybridized carbons (Fsp3) is 0.188. The van der Waals surface area contributed by atoms with Gasteiger partial charge >= 0.3 is 5.69 Å². The Morgan fingerprint density at radius 2 is 0.980 bits per heavy atom. The van der Waals surface area contributed by atoms with Gasteiger partial charge in [0.1, 0.15) is 0 Å². The highest BCUT2D eigenvalue weighted by Gasteiger charge is 2.23. The minimum Gasteiger partial charge on any atom is -0.296 e. The van der Waals surface area contributed by atoms with Gasteiger partial charge in [-0.3, -0.25) is 8.97 Å². The smallest absolute Gasteiger partial charge is 0.296 e. The van der Waals surface area contributed by atoms with Crippen LogP contribution >= 0.6 is 0 Å². The SMILES string of the molecule is Cn1c(=O)n2c3cc(-c4c5ccc(C(C)(C)C)cc5c(-c5ccc6ccccc6c5)c5ccc(C(C)(C)C)cc45)ccc3cc2c2ccccc21. The Hall–Kier alpha value is -5.67. The first-order chi connectivity index (χ1) is 24.4. The van der Waals surface area contributed by atoms with Crippen LogP contribution in [0.25, 0.3) is 81.9 Å². The van der Waals surface area contributed by atoms with Crippen molar-refractivity contribution in [1.82, 2.24) is 8.97 Å². The maximum atomic E-state index is 14.0. The molecule has 7 aromatic carbocycles. The molecule has 250 valence electrons. The van der Waals surface area contributed by atoms with Crippen molar-refractivity contribution in [3.8, 4) is 22.3 Å². The molecule has 3 heteroatoms. The molecule has 0 spiro atoms. The monoisotopic (exact) mass is 662 g/mol. The first-order valence-electron chi connectivity index (χ1n) is 18.0. The Bertz CT molecular complexity index is 2960. The largest absolute Gasteiger partial charge is 0.333 e. The quantitative estimate of drug-likeness (QED) is 0.169. The Morgan fingerprint density at radius 3 is 1.61 bits per heavy atom. The predicted molar refractivity (Wildman–Crippen MR) is 218 cm³/mol. The van der Waals surface area contributed by atoms with Crippen molar-refractivity contribution in [2.75, 3.05) is 0 Å². The van der Waals surface area contributed by atoms with E-state index in [1.54, 1.807) is 4.57 Å². The van der Waals surface area contributed by atoms with Crippen molar-refractivity contribution in [2.24, 2.45) is 7.05 Å². The number of hydrogen-bond acceptors (Lipinski definition) is 1. The van der Waals surface area contributed by atoms with Gasteiger partial charge < -0.3 is 0 Å². The van der Waals surface area contributed by atoms with Crippen molar-refractivity contribution in [2.45, 2.75) is 52.4 Å². The molecule has 0 unspecified atom stereocenters. The van der Waals surface area contributed by atoms with E-state index in [4.69, 9.17) is 0 Å². The molecule has 0 N–H and O–H groups in total. The Labute approximate surface area is 298 Å². The summed E-state index contributed by atoms with van der Waals surface area (Å²) in [4.78, 5) is 14.0. The molecule has 0 aliphatic carbocycles. The van der Waals surface area contributed by atoms with E-state index in [2.05, 4.69) is 151 Å². The van der Waals surface area contributed by atoms with Gasteiger partial charge in [0.15, 0.2) is 0 Å². The maximum absolute atomic E-state index is 14.0. The van der Waals surface area contributed by atoms with E-state index in [0.29, 0.717) is 0 Å². The van der Waals surface area contributed by atoms with Crippen molar-refractivity contribution < 1.29 is 0 Å². The maximum Gasteiger partial charge on any atom is 0.333 e. The normalized spacial score (nSPS) is 12.7. The van der Waals surface area contributed by atoms with Crippen LogP contribution in [0.5, 0.6) is 0 Å². The summed E-state index contributed by atoms with van der Waals surface area (Å²) in [5.74, 6) is 0. The van der Waals surface area contributed by atoms with E-state index in [1.807, 2.05) is 29.6 Å². The summed E-state index contributed by atoms with van der Waals surface area (Å²) in [7, 11) is 1.87. The third-order valence-electron chi connectivity index (χ3n) is 11.0. The summed E-state index contributed by atoms with van der Waals surface area (Å²) in [5.41, 5.74) is 10.1. The fourth-order valence-electron chi connectivity index (χ4n) is 8.12. The highest BCUT2D eigenvalue weighted by Crippen LogP contribution is 2.47. The summed E-state index contributed by atoms with van der Waals surface area (Å²) >= 11 is 0. The van der Waals surface area contributed by atoms with Crippen LogP contribution in [0.15, 0.2) is 132 Å². The van der Waals surface area contributed by atoms with Crippen LogP contribution in [-0.2, 0) is 17.9 Å². The third-order valence-corrected chi connectivity index (χ3v) is 11.0. The summed E-state index contributed by atoms with van der Waals surface area (Å²) < 4.78 is 3.66. The highest BCUT2D eigenvalue weighted by atomic mass is 16.1. The molecular formula is C48H42N2O. The van der Waals surface area contributed by atoms with Gasteiger partial charge in [0.05, 0.1) is 16.6 Å².